The van der Waals surface area contributed by atoms with Gasteiger partial charge in [-0.3, -0.25) is 9.59 Å². The molecule has 1 aromatic carbocycles. The van der Waals surface area contributed by atoms with Crippen molar-refractivity contribution in [1.29, 1.82) is 0 Å². The molecule has 1 amide bonds. The highest BCUT2D eigenvalue weighted by Gasteiger charge is 2.42. The molecule has 0 aliphatic carbocycles. The lowest BCUT2D eigenvalue weighted by atomic mass is 9.99. The first kappa shape index (κ1) is 23.2. The van der Waals surface area contributed by atoms with E-state index < -0.39 is 30.6 Å². The summed E-state index contributed by atoms with van der Waals surface area (Å²) in [6.45, 7) is 2.03. The molecule has 1 aromatic rings. The van der Waals surface area contributed by atoms with E-state index in [9.17, 15) is 24.9 Å². The Balaban J connectivity index is 1.52. The predicted molar refractivity (Wildman–Crippen MR) is 103 cm³/mol. The van der Waals surface area contributed by atoms with Crippen molar-refractivity contribution in [3.8, 4) is 0 Å². The van der Waals surface area contributed by atoms with Crippen LogP contribution in [0.1, 0.15) is 38.2 Å². The molecule has 0 bridgehead atoms. The number of hydrogen-bond acceptors (Lipinski definition) is 8. The van der Waals surface area contributed by atoms with Crippen LogP contribution in [0, 0.1) is 0 Å². The minimum atomic E-state index is -1.39. The van der Waals surface area contributed by atoms with Crippen molar-refractivity contribution in [2.75, 3.05) is 6.54 Å². The molecule has 2 rings (SSSR count). The van der Waals surface area contributed by atoms with Crippen LogP contribution in [0.5, 0.6) is 0 Å². The second-order valence-corrected chi connectivity index (χ2v) is 7.14. The second-order valence-electron chi connectivity index (χ2n) is 7.14. The number of benzene rings is 1. The lowest BCUT2D eigenvalue weighted by Crippen LogP contribution is -2.61. The van der Waals surface area contributed by atoms with Gasteiger partial charge in [-0.1, -0.05) is 36.8 Å². The van der Waals surface area contributed by atoms with Crippen molar-refractivity contribution in [1.82, 2.24) is 10.8 Å². The number of unbranched alkanes of at least 4 members (excludes halogenated alkanes) is 2. The first-order chi connectivity index (χ1) is 13.9. The van der Waals surface area contributed by atoms with Gasteiger partial charge in [0.15, 0.2) is 6.23 Å². The number of aliphatic hydroxyl groups excluding tert-OH is 3. The van der Waals surface area contributed by atoms with Crippen LogP contribution in [0.15, 0.2) is 30.3 Å². The maximum absolute atomic E-state index is 12.0. The van der Waals surface area contributed by atoms with Gasteiger partial charge in [-0.15, -0.1) is 0 Å². The normalized spacial score (nSPS) is 26.7. The molecule has 0 spiro atoms. The van der Waals surface area contributed by atoms with E-state index in [4.69, 9.17) is 9.57 Å². The molecule has 1 saturated heterocycles. The highest BCUT2D eigenvalue weighted by molar-refractivity contribution is 5.76. The summed E-state index contributed by atoms with van der Waals surface area (Å²) in [5, 5.41) is 31.8. The van der Waals surface area contributed by atoms with Crippen molar-refractivity contribution >= 4 is 11.9 Å². The molecule has 9 heteroatoms. The van der Waals surface area contributed by atoms with Gasteiger partial charge in [0.2, 0.25) is 5.91 Å². The van der Waals surface area contributed by atoms with Gasteiger partial charge in [-0.2, -0.15) is 5.48 Å². The topological polar surface area (TPSA) is 137 Å². The number of carbonyl (C=O) groups excluding carboxylic acids is 2. The molecule has 0 saturated carbocycles. The zero-order valence-electron chi connectivity index (χ0n) is 16.5. The average Bonchev–Trinajstić information content (AvgIpc) is 2.70. The molecule has 0 aromatic heterocycles. The van der Waals surface area contributed by atoms with E-state index in [0.29, 0.717) is 13.0 Å². The fourth-order valence-electron chi connectivity index (χ4n) is 2.99. The van der Waals surface area contributed by atoms with Crippen molar-refractivity contribution in [2.24, 2.45) is 0 Å². The Morgan fingerprint density at radius 3 is 2.48 bits per heavy atom. The maximum atomic E-state index is 12.0. The SMILES string of the molecule is CC1OC(NC(=O)CCCCCNOC(=O)Cc2ccccc2)C(O)C(O)C1O. The lowest BCUT2D eigenvalue weighted by molar-refractivity contribution is -0.224. The summed E-state index contributed by atoms with van der Waals surface area (Å²) >= 11 is 0. The Labute approximate surface area is 170 Å². The highest BCUT2D eigenvalue weighted by Crippen LogP contribution is 2.19. The maximum Gasteiger partial charge on any atom is 0.329 e. The second kappa shape index (κ2) is 11.8. The van der Waals surface area contributed by atoms with Crippen molar-refractivity contribution in [3.05, 3.63) is 35.9 Å². The van der Waals surface area contributed by atoms with E-state index >= 15 is 0 Å². The number of aliphatic hydroxyl groups is 3. The number of rotatable bonds is 10. The number of carbonyl (C=O) groups is 2. The Morgan fingerprint density at radius 2 is 1.76 bits per heavy atom. The zero-order valence-corrected chi connectivity index (χ0v) is 16.5. The minimum absolute atomic E-state index is 0.202. The summed E-state index contributed by atoms with van der Waals surface area (Å²) in [6, 6.07) is 9.31. The number of hydroxylamine groups is 1. The number of ether oxygens (including phenoxy) is 1. The van der Waals surface area contributed by atoms with Gasteiger partial charge in [0.25, 0.3) is 0 Å². The van der Waals surface area contributed by atoms with Crippen LogP contribution in [0.2, 0.25) is 0 Å². The van der Waals surface area contributed by atoms with Crippen LogP contribution in [-0.4, -0.2) is 64.4 Å². The van der Waals surface area contributed by atoms with Crippen LogP contribution >= 0.6 is 0 Å². The molecule has 1 fully saturated rings. The third kappa shape index (κ3) is 7.71. The van der Waals surface area contributed by atoms with Gasteiger partial charge in [0, 0.05) is 13.0 Å². The third-order valence-corrected chi connectivity index (χ3v) is 4.72. The summed E-state index contributed by atoms with van der Waals surface area (Å²) in [5.41, 5.74) is 3.51. The summed E-state index contributed by atoms with van der Waals surface area (Å²) in [5.74, 6) is -0.671. The average molecular weight is 410 g/mol. The number of nitrogens with one attached hydrogen (secondary N) is 2. The van der Waals surface area contributed by atoms with Crippen molar-refractivity contribution in [2.45, 2.75) is 69.7 Å². The Kier molecular flexibility index (Phi) is 9.49. The Hall–Kier alpha value is -2.04. The van der Waals surface area contributed by atoms with Crippen LogP contribution in [0.3, 0.4) is 0 Å². The highest BCUT2D eigenvalue weighted by atomic mass is 16.7. The summed E-state index contributed by atoms with van der Waals surface area (Å²) in [6.07, 6.45) is -3.22. The zero-order chi connectivity index (χ0) is 21.2. The van der Waals surface area contributed by atoms with Gasteiger partial charge in [0.05, 0.1) is 12.5 Å². The molecule has 1 heterocycles. The van der Waals surface area contributed by atoms with E-state index in [1.54, 1.807) is 6.92 Å². The lowest BCUT2D eigenvalue weighted by Gasteiger charge is -2.39. The molecule has 1 aliphatic rings. The van der Waals surface area contributed by atoms with E-state index in [2.05, 4.69) is 10.8 Å². The smallest absolute Gasteiger partial charge is 0.329 e. The van der Waals surface area contributed by atoms with Crippen LogP contribution in [0.4, 0.5) is 0 Å². The van der Waals surface area contributed by atoms with Crippen LogP contribution in [0.25, 0.3) is 0 Å². The van der Waals surface area contributed by atoms with E-state index in [0.717, 1.165) is 18.4 Å². The van der Waals surface area contributed by atoms with Gasteiger partial charge in [0.1, 0.15) is 18.3 Å². The predicted octanol–water partition coefficient (Wildman–Crippen LogP) is -0.219. The summed E-state index contributed by atoms with van der Waals surface area (Å²) in [7, 11) is 0. The fourth-order valence-corrected chi connectivity index (χ4v) is 2.99. The third-order valence-electron chi connectivity index (χ3n) is 4.72. The first-order valence-corrected chi connectivity index (χ1v) is 9.84. The fraction of sp³-hybridized carbons (Fsp3) is 0.600. The summed E-state index contributed by atoms with van der Waals surface area (Å²) < 4.78 is 5.33. The molecular formula is C20H30N2O7. The Bertz CT molecular complexity index is 643. The number of hydrogen-bond donors (Lipinski definition) is 5. The minimum Gasteiger partial charge on any atom is -0.388 e. The van der Waals surface area contributed by atoms with Gasteiger partial charge in [-0.05, 0) is 25.3 Å². The molecule has 1 aliphatic heterocycles. The van der Waals surface area contributed by atoms with E-state index in [1.165, 1.54) is 0 Å². The van der Waals surface area contributed by atoms with Gasteiger partial charge in [-0.25, -0.2) is 0 Å². The molecule has 29 heavy (non-hydrogen) atoms. The number of amides is 1. The Morgan fingerprint density at radius 1 is 1.03 bits per heavy atom. The molecule has 5 N–H and O–H groups in total. The molecule has 9 nitrogen and oxygen atoms in total. The molecule has 162 valence electrons. The van der Waals surface area contributed by atoms with Crippen LogP contribution in [-0.2, 0) is 25.6 Å². The van der Waals surface area contributed by atoms with Crippen molar-refractivity contribution < 1.29 is 34.5 Å². The summed E-state index contributed by atoms with van der Waals surface area (Å²) in [4.78, 5) is 28.6. The molecular weight excluding hydrogens is 380 g/mol. The molecule has 5 atom stereocenters. The first-order valence-electron chi connectivity index (χ1n) is 9.84. The van der Waals surface area contributed by atoms with Crippen molar-refractivity contribution in [3.63, 3.8) is 0 Å². The molecule has 0 radical (unpaired) electrons. The molecule has 5 unspecified atom stereocenters. The van der Waals surface area contributed by atoms with Crippen LogP contribution < -0.4 is 10.8 Å². The largest absolute Gasteiger partial charge is 0.388 e. The van der Waals surface area contributed by atoms with Gasteiger partial charge < -0.3 is 30.2 Å². The van der Waals surface area contributed by atoms with E-state index in [-0.39, 0.29) is 24.7 Å². The van der Waals surface area contributed by atoms with E-state index in [1.807, 2.05) is 30.3 Å². The quantitative estimate of drug-likeness (QED) is 0.264. The standard InChI is InChI=1S/C20H30N2O7/c1-13-17(25)18(26)19(27)20(28-13)22-15(23)10-6-3-7-11-21-29-16(24)12-14-8-4-2-5-9-14/h2,4-5,8-9,13,17-21,25-27H,3,6-7,10-12H2,1H3,(H,22,23). The monoisotopic (exact) mass is 410 g/mol. The van der Waals surface area contributed by atoms with Gasteiger partial charge >= 0.3 is 5.97 Å².